The predicted octanol–water partition coefficient (Wildman–Crippen LogP) is 1.71. The molecule has 0 aromatic carbocycles. The van der Waals surface area contributed by atoms with Gasteiger partial charge in [-0.1, -0.05) is 23.5 Å². The van der Waals surface area contributed by atoms with E-state index in [1.807, 2.05) is 0 Å². The van der Waals surface area contributed by atoms with Gasteiger partial charge in [0.2, 0.25) is 0 Å². The summed E-state index contributed by atoms with van der Waals surface area (Å²) in [6.07, 6.45) is 1.71. The van der Waals surface area contributed by atoms with Crippen LogP contribution in [0, 0.1) is 0 Å². The molecule has 1 saturated heterocycles. The molecule has 14 heavy (non-hydrogen) atoms. The van der Waals surface area contributed by atoms with E-state index in [1.54, 1.807) is 0 Å². The van der Waals surface area contributed by atoms with Gasteiger partial charge in [-0.05, 0) is 6.42 Å². The fourth-order valence-corrected chi connectivity index (χ4v) is 2.49. The van der Waals surface area contributed by atoms with E-state index < -0.39 is 0 Å². The Morgan fingerprint density at radius 3 is 1.93 bits per heavy atom. The van der Waals surface area contributed by atoms with Crippen molar-refractivity contribution in [2.45, 2.75) is 19.3 Å². The second-order valence-electron chi connectivity index (χ2n) is 2.91. The Kier molecular flexibility index (Phi) is 6.31. The quantitative estimate of drug-likeness (QED) is 0.638. The minimum Gasteiger partial charge on any atom is -0.380 e. The summed E-state index contributed by atoms with van der Waals surface area (Å²) in [6.45, 7) is 1.20. The van der Waals surface area contributed by atoms with Gasteiger partial charge in [0.05, 0.1) is 13.2 Å². The first-order valence-electron chi connectivity index (χ1n) is 4.68. The molecule has 1 rings (SSSR count). The molecular weight excluding hydrogens is 220 g/mol. The molecule has 5 heteroatoms. The van der Waals surface area contributed by atoms with E-state index in [0.717, 1.165) is 11.5 Å². The van der Waals surface area contributed by atoms with E-state index >= 15 is 0 Å². The Labute approximate surface area is 92.3 Å². The second-order valence-corrected chi connectivity index (χ2v) is 5.21. The van der Waals surface area contributed by atoms with Gasteiger partial charge in [0.25, 0.3) is 0 Å². The molecule has 0 N–H and O–H groups in total. The van der Waals surface area contributed by atoms with Crippen LogP contribution in [0.25, 0.3) is 0 Å². The Morgan fingerprint density at radius 1 is 0.929 bits per heavy atom. The number of hydrogen-bond donors (Lipinski definition) is 0. The zero-order valence-electron chi connectivity index (χ0n) is 7.99. The summed E-state index contributed by atoms with van der Waals surface area (Å²) in [5.74, 6) is 1.47. The highest BCUT2D eigenvalue weighted by Gasteiger charge is 2.08. The van der Waals surface area contributed by atoms with Crippen molar-refractivity contribution in [3.8, 4) is 0 Å². The van der Waals surface area contributed by atoms with Crippen LogP contribution in [0.5, 0.6) is 0 Å². The normalized spacial score (nSPS) is 22.6. The highest BCUT2D eigenvalue weighted by molar-refractivity contribution is 8.13. The second kappa shape index (κ2) is 7.31. The molecule has 0 aliphatic carbocycles. The van der Waals surface area contributed by atoms with Crippen LogP contribution < -0.4 is 0 Å². The molecule has 0 unspecified atom stereocenters. The summed E-state index contributed by atoms with van der Waals surface area (Å²) < 4.78 is 5.26. The lowest BCUT2D eigenvalue weighted by atomic mass is 10.3. The third kappa shape index (κ3) is 5.67. The van der Waals surface area contributed by atoms with Crippen molar-refractivity contribution in [3.63, 3.8) is 0 Å². The Bertz CT molecular complexity index is 186. The highest BCUT2D eigenvalue weighted by atomic mass is 32.2. The maximum Gasteiger partial charge on any atom is 0.189 e. The molecule has 0 radical (unpaired) electrons. The minimum atomic E-state index is 0.173. The third-order valence-electron chi connectivity index (χ3n) is 1.74. The summed E-state index contributed by atoms with van der Waals surface area (Å²) in [5, 5.41) is 0.346. The molecule has 3 nitrogen and oxygen atoms in total. The Balaban J connectivity index is 2.28. The summed E-state index contributed by atoms with van der Waals surface area (Å²) in [6, 6.07) is 0. The van der Waals surface area contributed by atoms with Gasteiger partial charge in [-0.3, -0.25) is 9.59 Å². The van der Waals surface area contributed by atoms with Crippen molar-refractivity contribution < 1.29 is 14.3 Å². The summed E-state index contributed by atoms with van der Waals surface area (Å²) in [7, 11) is 0. The molecule has 1 aliphatic rings. The topological polar surface area (TPSA) is 43.4 Å². The summed E-state index contributed by atoms with van der Waals surface area (Å²) in [5.41, 5.74) is 0. The minimum absolute atomic E-state index is 0.173. The van der Waals surface area contributed by atoms with Crippen LogP contribution in [0.3, 0.4) is 0 Å². The van der Waals surface area contributed by atoms with E-state index in [4.69, 9.17) is 4.74 Å². The van der Waals surface area contributed by atoms with Crippen LogP contribution in [-0.4, -0.2) is 35.0 Å². The van der Waals surface area contributed by atoms with E-state index in [1.165, 1.54) is 23.5 Å². The maximum atomic E-state index is 11.2. The lowest BCUT2D eigenvalue weighted by molar-refractivity contribution is -0.112. The van der Waals surface area contributed by atoms with Gasteiger partial charge >= 0.3 is 0 Å². The van der Waals surface area contributed by atoms with Crippen LogP contribution in [0.2, 0.25) is 0 Å². The van der Waals surface area contributed by atoms with Crippen molar-refractivity contribution >= 4 is 33.8 Å². The molecule has 0 aromatic heterocycles. The zero-order valence-corrected chi connectivity index (χ0v) is 9.62. The van der Waals surface area contributed by atoms with Gasteiger partial charge in [0.15, 0.2) is 10.2 Å². The zero-order chi connectivity index (χ0) is 10.2. The Hall–Kier alpha value is -0.0000000000000000555. The predicted molar refractivity (Wildman–Crippen MR) is 59.6 cm³/mol. The average molecular weight is 234 g/mol. The van der Waals surface area contributed by atoms with Gasteiger partial charge < -0.3 is 4.74 Å². The molecule has 0 bridgehead atoms. The third-order valence-corrected chi connectivity index (χ3v) is 3.54. The first-order valence-corrected chi connectivity index (χ1v) is 6.65. The maximum absolute atomic E-state index is 11.2. The van der Waals surface area contributed by atoms with Gasteiger partial charge in [0.1, 0.15) is 0 Å². The van der Waals surface area contributed by atoms with Crippen molar-refractivity contribution in [2.24, 2.45) is 0 Å². The van der Waals surface area contributed by atoms with E-state index in [2.05, 4.69) is 0 Å². The molecule has 0 atom stereocenters. The molecule has 0 aromatic rings. The molecule has 1 heterocycles. The summed E-state index contributed by atoms with van der Waals surface area (Å²) >= 11 is 2.62. The van der Waals surface area contributed by atoms with Gasteiger partial charge in [-0.2, -0.15) is 0 Å². The monoisotopic (exact) mass is 234 g/mol. The molecule has 0 spiro atoms. The number of thioether (sulfide) groups is 2. The number of hydrogen-bond acceptors (Lipinski definition) is 5. The molecule has 0 saturated carbocycles. The van der Waals surface area contributed by atoms with E-state index in [0.29, 0.717) is 32.5 Å². The van der Waals surface area contributed by atoms with Gasteiger partial charge in [-0.25, -0.2) is 0 Å². The van der Waals surface area contributed by atoms with Gasteiger partial charge in [0, 0.05) is 24.3 Å². The molecular formula is C9H14O3S2. The van der Waals surface area contributed by atoms with Crippen LogP contribution in [0.4, 0.5) is 0 Å². The standard InChI is InChI=1S/C9H14O3S2/c10-8-2-1-3-9(11)14-7-5-12-4-6-13-8/h1-7H2. The molecule has 0 amide bonds. The number of carbonyl (C=O) groups excluding carboxylic acids is 2. The first kappa shape index (κ1) is 12.1. The van der Waals surface area contributed by atoms with Crippen molar-refractivity contribution in [3.05, 3.63) is 0 Å². The number of rotatable bonds is 0. The number of carbonyl (C=O) groups is 2. The van der Waals surface area contributed by atoms with Gasteiger partial charge in [-0.15, -0.1) is 0 Å². The smallest absolute Gasteiger partial charge is 0.189 e. The summed E-state index contributed by atoms with van der Waals surface area (Å²) in [4.78, 5) is 22.4. The van der Waals surface area contributed by atoms with Crippen LogP contribution >= 0.6 is 23.5 Å². The lowest BCUT2D eigenvalue weighted by Gasteiger charge is -2.06. The van der Waals surface area contributed by atoms with Crippen molar-refractivity contribution in [1.82, 2.24) is 0 Å². The fraction of sp³-hybridized carbons (Fsp3) is 0.778. The van der Waals surface area contributed by atoms with Crippen LogP contribution in [0.15, 0.2) is 0 Å². The van der Waals surface area contributed by atoms with Crippen LogP contribution in [0.1, 0.15) is 19.3 Å². The van der Waals surface area contributed by atoms with E-state index in [-0.39, 0.29) is 10.2 Å². The van der Waals surface area contributed by atoms with Crippen molar-refractivity contribution in [1.29, 1.82) is 0 Å². The number of ether oxygens (including phenoxy) is 1. The van der Waals surface area contributed by atoms with E-state index in [9.17, 15) is 9.59 Å². The molecule has 80 valence electrons. The SMILES string of the molecule is O=C1CCCC(=O)SCCOCCS1. The Morgan fingerprint density at radius 2 is 1.43 bits per heavy atom. The van der Waals surface area contributed by atoms with Crippen molar-refractivity contribution in [2.75, 3.05) is 24.7 Å². The average Bonchev–Trinajstić information content (AvgIpc) is 2.14. The first-order chi connectivity index (χ1) is 6.79. The molecule has 1 fully saturated rings. The fourth-order valence-electron chi connectivity index (χ4n) is 1.05. The lowest BCUT2D eigenvalue weighted by Crippen LogP contribution is -2.07. The molecule has 1 aliphatic heterocycles. The van der Waals surface area contributed by atoms with Crippen LogP contribution in [-0.2, 0) is 14.3 Å². The largest absolute Gasteiger partial charge is 0.380 e. The highest BCUT2D eigenvalue weighted by Crippen LogP contribution is 2.14.